The summed E-state index contributed by atoms with van der Waals surface area (Å²) in [5.74, 6) is 1.13. The molecule has 0 aromatic rings. The Kier molecular flexibility index (Phi) is 3.63. The quantitative estimate of drug-likeness (QED) is 0.733. The van der Waals surface area contributed by atoms with Crippen LogP contribution in [0.2, 0.25) is 0 Å². The van der Waals surface area contributed by atoms with Crippen LogP contribution < -0.4 is 0 Å². The van der Waals surface area contributed by atoms with Crippen molar-refractivity contribution < 1.29 is 9.59 Å². The Morgan fingerprint density at radius 3 is 2.82 bits per heavy atom. The van der Waals surface area contributed by atoms with Gasteiger partial charge in [-0.25, -0.2) is 0 Å². The lowest BCUT2D eigenvalue weighted by atomic mass is 10.1. The molecule has 0 aliphatic carbocycles. The topological polar surface area (TPSA) is 40.6 Å². The third-order valence-corrected chi connectivity index (χ3v) is 6.62. The minimum absolute atomic E-state index is 0.0908. The number of amides is 2. The molecule has 0 radical (unpaired) electrons. The van der Waals surface area contributed by atoms with Gasteiger partial charge in [0.25, 0.3) is 5.91 Å². The summed E-state index contributed by atoms with van der Waals surface area (Å²) < 4.78 is 0. The number of rotatable bonds is 3. The molecule has 0 N–H and O–H groups in total. The molecule has 17 heavy (non-hydrogen) atoms. The van der Waals surface area contributed by atoms with Gasteiger partial charge in [0.1, 0.15) is 6.04 Å². The standard InChI is InChI=1S/C11H18N2O2S2/c1-4-16-17-11-6-5-7-13(11)9(14)8(2)12(3)10(11)15/h8H,4-7H2,1-3H3/t8-,11+/m1/s1. The second-order valence-electron chi connectivity index (χ2n) is 4.46. The van der Waals surface area contributed by atoms with Gasteiger partial charge in [0.2, 0.25) is 5.91 Å². The van der Waals surface area contributed by atoms with E-state index in [1.807, 2.05) is 0 Å². The zero-order valence-electron chi connectivity index (χ0n) is 10.4. The van der Waals surface area contributed by atoms with Crippen molar-refractivity contribution >= 4 is 33.4 Å². The Morgan fingerprint density at radius 1 is 1.47 bits per heavy atom. The second kappa shape index (κ2) is 4.72. The molecule has 0 aromatic carbocycles. The molecule has 2 amide bonds. The van der Waals surface area contributed by atoms with Gasteiger partial charge in [-0.1, -0.05) is 28.5 Å². The number of carbonyl (C=O) groups is 2. The zero-order chi connectivity index (χ0) is 12.6. The van der Waals surface area contributed by atoms with Crippen LogP contribution in [0.4, 0.5) is 0 Å². The third kappa shape index (κ3) is 1.85. The average molecular weight is 274 g/mol. The summed E-state index contributed by atoms with van der Waals surface area (Å²) >= 11 is 0. The molecule has 6 heteroatoms. The molecule has 2 aliphatic heterocycles. The van der Waals surface area contributed by atoms with E-state index in [1.54, 1.807) is 45.4 Å². The van der Waals surface area contributed by atoms with Crippen molar-refractivity contribution in [3.05, 3.63) is 0 Å². The summed E-state index contributed by atoms with van der Waals surface area (Å²) in [6, 6.07) is -0.319. The van der Waals surface area contributed by atoms with Crippen molar-refractivity contribution in [3.8, 4) is 0 Å². The highest BCUT2D eigenvalue weighted by atomic mass is 33.1. The summed E-state index contributed by atoms with van der Waals surface area (Å²) in [4.78, 5) is 27.5. The zero-order valence-corrected chi connectivity index (χ0v) is 12.1. The van der Waals surface area contributed by atoms with E-state index < -0.39 is 4.87 Å². The van der Waals surface area contributed by atoms with E-state index in [-0.39, 0.29) is 17.9 Å². The fraction of sp³-hybridized carbons (Fsp3) is 0.818. The molecule has 0 spiro atoms. The Balaban J connectivity index is 2.32. The molecular weight excluding hydrogens is 256 g/mol. The van der Waals surface area contributed by atoms with Crippen molar-refractivity contribution in [1.29, 1.82) is 0 Å². The van der Waals surface area contributed by atoms with Gasteiger partial charge in [0.05, 0.1) is 0 Å². The highest BCUT2D eigenvalue weighted by Crippen LogP contribution is 2.48. The van der Waals surface area contributed by atoms with E-state index in [1.165, 1.54) is 0 Å². The highest BCUT2D eigenvalue weighted by molar-refractivity contribution is 8.77. The maximum Gasteiger partial charge on any atom is 0.260 e. The smallest absolute Gasteiger partial charge is 0.260 e. The SMILES string of the molecule is CCSS[C@]12CCCN1C(=O)[C@@H](C)N(C)C2=O. The first-order valence-corrected chi connectivity index (χ1v) is 8.26. The van der Waals surface area contributed by atoms with Gasteiger partial charge in [0.15, 0.2) is 4.87 Å². The molecule has 4 nitrogen and oxygen atoms in total. The van der Waals surface area contributed by atoms with Crippen LogP contribution in [-0.2, 0) is 9.59 Å². The van der Waals surface area contributed by atoms with Gasteiger partial charge >= 0.3 is 0 Å². The van der Waals surface area contributed by atoms with Gasteiger partial charge in [-0.05, 0) is 19.8 Å². The second-order valence-corrected chi connectivity index (χ2v) is 7.32. The molecule has 2 atom stereocenters. The lowest BCUT2D eigenvalue weighted by Crippen LogP contribution is -2.66. The molecule has 2 rings (SSSR count). The number of fused-ring (bicyclic) bond motifs is 1. The first kappa shape index (κ1) is 13.1. The Morgan fingerprint density at radius 2 is 2.18 bits per heavy atom. The van der Waals surface area contributed by atoms with Crippen LogP contribution in [0.25, 0.3) is 0 Å². The summed E-state index contributed by atoms with van der Waals surface area (Å²) in [6.45, 7) is 4.59. The summed E-state index contributed by atoms with van der Waals surface area (Å²) in [5, 5.41) is 0. The summed E-state index contributed by atoms with van der Waals surface area (Å²) in [6.07, 6.45) is 1.71. The number of hydrogen-bond acceptors (Lipinski definition) is 4. The van der Waals surface area contributed by atoms with Crippen LogP contribution in [-0.4, -0.2) is 51.9 Å². The normalized spacial score (nSPS) is 33.2. The number of carbonyl (C=O) groups excluding carboxylic acids is 2. The van der Waals surface area contributed by atoms with E-state index in [0.717, 1.165) is 25.1 Å². The maximum absolute atomic E-state index is 12.5. The molecule has 2 aliphatic rings. The molecule has 0 unspecified atom stereocenters. The number of piperazine rings is 1. The lowest BCUT2D eigenvalue weighted by molar-refractivity contribution is -0.158. The molecule has 2 saturated heterocycles. The Bertz CT molecular complexity index is 350. The van der Waals surface area contributed by atoms with Gasteiger partial charge in [0, 0.05) is 19.3 Å². The molecular formula is C11H18N2O2S2. The van der Waals surface area contributed by atoms with E-state index in [0.29, 0.717) is 0 Å². The third-order valence-electron chi connectivity index (χ3n) is 3.51. The minimum Gasteiger partial charge on any atom is -0.331 e. The molecule has 0 bridgehead atoms. The Labute approximate surface area is 110 Å². The van der Waals surface area contributed by atoms with Gasteiger partial charge in [-0.2, -0.15) is 0 Å². The fourth-order valence-corrected chi connectivity index (χ4v) is 5.12. The first-order valence-electron chi connectivity index (χ1n) is 5.94. The van der Waals surface area contributed by atoms with Gasteiger partial charge < -0.3 is 9.80 Å². The molecule has 96 valence electrons. The van der Waals surface area contributed by atoms with Gasteiger partial charge in [-0.15, -0.1) is 0 Å². The number of nitrogens with zero attached hydrogens (tertiary/aromatic N) is 2. The van der Waals surface area contributed by atoms with Crippen LogP contribution in [0, 0.1) is 0 Å². The predicted molar refractivity (Wildman–Crippen MR) is 71.6 cm³/mol. The number of hydrogen-bond donors (Lipinski definition) is 0. The molecule has 2 fully saturated rings. The van der Waals surface area contributed by atoms with E-state index in [2.05, 4.69) is 6.92 Å². The average Bonchev–Trinajstić information content (AvgIpc) is 2.76. The Hall–Kier alpha value is -0.360. The molecule has 0 saturated carbocycles. The van der Waals surface area contributed by atoms with Crippen molar-refractivity contribution in [1.82, 2.24) is 9.80 Å². The fourth-order valence-electron chi connectivity index (χ4n) is 2.42. The first-order chi connectivity index (χ1) is 8.04. The minimum atomic E-state index is -0.626. The van der Waals surface area contributed by atoms with Crippen LogP contribution in [0.5, 0.6) is 0 Å². The largest absolute Gasteiger partial charge is 0.331 e. The van der Waals surface area contributed by atoms with Crippen molar-refractivity contribution in [2.24, 2.45) is 0 Å². The van der Waals surface area contributed by atoms with E-state index >= 15 is 0 Å². The summed E-state index contributed by atoms with van der Waals surface area (Å²) in [7, 11) is 4.97. The van der Waals surface area contributed by atoms with Gasteiger partial charge in [-0.3, -0.25) is 9.59 Å². The van der Waals surface area contributed by atoms with E-state index in [4.69, 9.17) is 0 Å². The van der Waals surface area contributed by atoms with Crippen LogP contribution in [0.1, 0.15) is 26.7 Å². The van der Waals surface area contributed by atoms with Crippen LogP contribution >= 0.6 is 21.6 Å². The molecule has 0 aromatic heterocycles. The number of likely N-dealkylation sites (N-methyl/N-ethyl adjacent to an activating group) is 1. The van der Waals surface area contributed by atoms with E-state index in [9.17, 15) is 9.59 Å². The van der Waals surface area contributed by atoms with Crippen molar-refractivity contribution in [3.63, 3.8) is 0 Å². The van der Waals surface area contributed by atoms with Crippen LogP contribution in [0.3, 0.4) is 0 Å². The maximum atomic E-state index is 12.5. The molecule has 2 heterocycles. The summed E-state index contributed by atoms with van der Waals surface area (Å²) in [5.41, 5.74) is 0. The van der Waals surface area contributed by atoms with Crippen LogP contribution in [0.15, 0.2) is 0 Å². The lowest BCUT2D eigenvalue weighted by Gasteiger charge is -2.46. The highest BCUT2D eigenvalue weighted by Gasteiger charge is 2.57. The monoisotopic (exact) mass is 274 g/mol. The van der Waals surface area contributed by atoms with Crippen molar-refractivity contribution in [2.75, 3.05) is 19.3 Å². The predicted octanol–water partition coefficient (Wildman–Crippen LogP) is 1.57. The van der Waals surface area contributed by atoms with Crippen molar-refractivity contribution in [2.45, 2.75) is 37.6 Å².